The summed E-state index contributed by atoms with van der Waals surface area (Å²) in [5, 5.41) is 11.8. The molecule has 3 aliphatic rings. The Bertz CT molecular complexity index is 1390. The van der Waals surface area contributed by atoms with Crippen molar-refractivity contribution in [3.8, 4) is 22.8 Å². The topological polar surface area (TPSA) is 74.7 Å². The minimum absolute atomic E-state index is 0. The number of hydrogen-bond acceptors (Lipinski definition) is 6. The quantitative estimate of drug-likeness (QED) is 0.374. The molecule has 1 unspecified atom stereocenters. The van der Waals surface area contributed by atoms with Gasteiger partial charge < -0.3 is 19.4 Å². The fraction of sp³-hybridized carbons (Fsp3) is 0.471. The number of likely N-dealkylation sites (tertiary alicyclic amines) is 1. The van der Waals surface area contributed by atoms with E-state index < -0.39 is 11.9 Å². The third-order valence-electron chi connectivity index (χ3n) is 9.28. The molecule has 0 bridgehead atoms. The Hall–Kier alpha value is -2.38. The maximum absolute atomic E-state index is 11.8. The summed E-state index contributed by atoms with van der Waals surface area (Å²) in [6, 6.07) is 17.7. The van der Waals surface area contributed by atoms with Crippen LogP contribution >= 0.6 is 0 Å². The standard InChI is InChI=1S/C34H40N2O4.Na/c1-21-5-4-16-36(21)20-28-17-26(10-12-29(28)25-14-15-35-32(19-25)39-3)30-13-11-23-6-9-27(18-31(23)40-30)33(24-7-8-24)22(2)34(37)38;/h6,9-10,12,14-15,17-19,21-22,24,30,33H,4-5,7-8,11,13,16,20H2,1-3H3,(H,37,38);/q;+1/p-1/t21-,22-,30?,33-;/m0./s1. The van der Waals surface area contributed by atoms with E-state index in [0.717, 1.165) is 55.6 Å². The average Bonchev–Trinajstić information content (AvgIpc) is 3.73. The van der Waals surface area contributed by atoms with Crippen molar-refractivity contribution in [3.63, 3.8) is 0 Å². The van der Waals surface area contributed by atoms with Gasteiger partial charge in [0, 0.05) is 36.7 Å². The first-order valence-corrected chi connectivity index (χ1v) is 14.8. The number of ether oxygens (including phenoxy) is 2. The van der Waals surface area contributed by atoms with Gasteiger partial charge in [0.2, 0.25) is 5.88 Å². The second kappa shape index (κ2) is 12.9. The van der Waals surface area contributed by atoms with Crippen LogP contribution in [0, 0.1) is 11.8 Å². The molecule has 210 valence electrons. The molecule has 1 saturated heterocycles. The van der Waals surface area contributed by atoms with Crippen LogP contribution in [0.3, 0.4) is 0 Å². The largest absolute Gasteiger partial charge is 1.00 e. The zero-order valence-electron chi connectivity index (χ0n) is 24.8. The number of carboxylic acids is 1. The number of aryl methyl sites for hydroxylation is 1. The number of hydrogen-bond donors (Lipinski definition) is 0. The number of aromatic nitrogens is 1. The zero-order chi connectivity index (χ0) is 27.8. The van der Waals surface area contributed by atoms with Crippen LogP contribution in [0.4, 0.5) is 0 Å². The molecule has 2 fully saturated rings. The Labute approximate surface area is 265 Å². The Morgan fingerprint density at radius 3 is 2.66 bits per heavy atom. The number of carbonyl (C=O) groups excluding carboxylic acids is 1. The van der Waals surface area contributed by atoms with Crippen LogP contribution in [-0.4, -0.2) is 35.5 Å². The number of pyridine rings is 1. The smallest absolute Gasteiger partial charge is 0.550 e. The summed E-state index contributed by atoms with van der Waals surface area (Å²) < 4.78 is 12.1. The fourth-order valence-electron chi connectivity index (χ4n) is 6.76. The molecule has 2 aliphatic heterocycles. The zero-order valence-corrected chi connectivity index (χ0v) is 26.8. The Morgan fingerprint density at radius 1 is 1.12 bits per heavy atom. The van der Waals surface area contributed by atoms with E-state index in [-0.39, 0.29) is 41.6 Å². The predicted octanol–water partition coefficient (Wildman–Crippen LogP) is 2.69. The molecule has 6 nitrogen and oxygen atoms in total. The fourth-order valence-corrected chi connectivity index (χ4v) is 6.76. The maximum atomic E-state index is 11.8. The van der Waals surface area contributed by atoms with Crippen LogP contribution in [-0.2, 0) is 17.8 Å². The Balaban J connectivity index is 0.00000337. The summed E-state index contributed by atoms with van der Waals surface area (Å²) in [7, 11) is 1.65. The van der Waals surface area contributed by atoms with Gasteiger partial charge in [0.1, 0.15) is 11.9 Å². The molecule has 7 heteroatoms. The van der Waals surface area contributed by atoms with Crippen molar-refractivity contribution in [2.24, 2.45) is 11.8 Å². The van der Waals surface area contributed by atoms with Gasteiger partial charge in [-0.25, -0.2) is 4.98 Å². The second-order valence-corrected chi connectivity index (χ2v) is 11.9. The molecule has 1 aromatic heterocycles. The summed E-state index contributed by atoms with van der Waals surface area (Å²) in [5.74, 6) is 0.412. The molecule has 0 N–H and O–H groups in total. The van der Waals surface area contributed by atoms with E-state index in [9.17, 15) is 9.90 Å². The minimum atomic E-state index is -0.972. The van der Waals surface area contributed by atoms with E-state index in [1.807, 2.05) is 12.1 Å². The molecule has 2 aromatic carbocycles. The van der Waals surface area contributed by atoms with E-state index in [1.54, 1.807) is 20.2 Å². The van der Waals surface area contributed by atoms with Gasteiger partial charge in [-0.3, -0.25) is 4.90 Å². The molecule has 3 aromatic rings. The van der Waals surface area contributed by atoms with Crippen molar-refractivity contribution < 1.29 is 48.9 Å². The Morgan fingerprint density at radius 2 is 1.95 bits per heavy atom. The van der Waals surface area contributed by atoms with E-state index in [4.69, 9.17) is 9.47 Å². The van der Waals surface area contributed by atoms with Gasteiger partial charge >= 0.3 is 29.6 Å². The summed E-state index contributed by atoms with van der Waals surface area (Å²) >= 11 is 0. The number of methoxy groups -OCH3 is 1. The predicted molar refractivity (Wildman–Crippen MR) is 153 cm³/mol. The molecule has 3 heterocycles. The summed E-state index contributed by atoms with van der Waals surface area (Å²) in [6.45, 7) is 6.12. The number of aliphatic carboxylic acids is 1. The summed E-state index contributed by atoms with van der Waals surface area (Å²) in [5.41, 5.74) is 7.04. The van der Waals surface area contributed by atoms with Gasteiger partial charge in [0.25, 0.3) is 0 Å². The van der Waals surface area contributed by atoms with Gasteiger partial charge in [-0.05, 0) is 109 Å². The number of carboxylic acid groups (broad SMARTS) is 1. The summed E-state index contributed by atoms with van der Waals surface area (Å²) in [6.07, 6.45) is 8.25. The van der Waals surface area contributed by atoms with Gasteiger partial charge in [-0.1, -0.05) is 37.3 Å². The molecule has 4 atom stereocenters. The first-order chi connectivity index (χ1) is 19.4. The molecule has 1 aliphatic carbocycles. The Kier molecular flexibility index (Phi) is 9.44. The van der Waals surface area contributed by atoms with E-state index in [1.165, 1.54) is 35.1 Å². The van der Waals surface area contributed by atoms with E-state index in [0.29, 0.717) is 17.8 Å². The van der Waals surface area contributed by atoms with Crippen molar-refractivity contribution in [2.75, 3.05) is 13.7 Å². The molecule has 0 spiro atoms. The van der Waals surface area contributed by atoms with Crippen LogP contribution in [0.15, 0.2) is 54.7 Å². The van der Waals surface area contributed by atoms with Crippen molar-refractivity contribution in [2.45, 2.75) is 77.0 Å². The third-order valence-corrected chi connectivity index (χ3v) is 9.28. The van der Waals surface area contributed by atoms with Gasteiger partial charge in [0.15, 0.2) is 0 Å². The van der Waals surface area contributed by atoms with Crippen LogP contribution < -0.4 is 44.1 Å². The average molecular weight is 563 g/mol. The molecular weight excluding hydrogens is 523 g/mol. The van der Waals surface area contributed by atoms with Gasteiger partial charge in [-0.15, -0.1) is 0 Å². The number of rotatable bonds is 9. The SMILES string of the molecule is COc1cc(-c2ccc(C3CCc4ccc([C@H](C5CC5)[C@H](C)C(=O)[O-])cc4O3)cc2CN2CCC[C@@H]2C)ccn1.[Na+]. The first kappa shape index (κ1) is 30.1. The van der Waals surface area contributed by atoms with Crippen LogP contribution in [0.25, 0.3) is 11.1 Å². The number of benzene rings is 2. The molecule has 0 radical (unpaired) electrons. The van der Waals surface area contributed by atoms with Crippen molar-refractivity contribution in [1.29, 1.82) is 0 Å². The number of carbonyl (C=O) groups is 1. The third kappa shape index (κ3) is 6.51. The van der Waals surface area contributed by atoms with Crippen molar-refractivity contribution >= 4 is 5.97 Å². The van der Waals surface area contributed by atoms with Crippen LogP contribution in [0.1, 0.15) is 80.2 Å². The van der Waals surface area contributed by atoms with E-state index >= 15 is 0 Å². The number of fused-ring (bicyclic) bond motifs is 1. The monoisotopic (exact) mass is 562 g/mol. The van der Waals surface area contributed by atoms with Crippen LogP contribution in [0.2, 0.25) is 0 Å². The molecule has 6 rings (SSSR count). The second-order valence-electron chi connectivity index (χ2n) is 11.9. The first-order valence-electron chi connectivity index (χ1n) is 14.8. The van der Waals surface area contributed by atoms with Crippen LogP contribution in [0.5, 0.6) is 11.6 Å². The molecule has 0 amide bonds. The normalized spacial score (nSPS) is 21.7. The molecule has 1 saturated carbocycles. The van der Waals surface area contributed by atoms with Crippen molar-refractivity contribution in [1.82, 2.24) is 9.88 Å². The molecular formula is C34H39N2NaO4. The van der Waals surface area contributed by atoms with Gasteiger partial charge in [-0.2, -0.15) is 0 Å². The minimum Gasteiger partial charge on any atom is -0.550 e. The van der Waals surface area contributed by atoms with E-state index in [2.05, 4.69) is 53.2 Å². The van der Waals surface area contributed by atoms with Crippen molar-refractivity contribution in [3.05, 3.63) is 77.0 Å². The maximum Gasteiger partial charge on any atom is 1.00 e. The molecule has 41 heavy (non-hydrogen) atoms. The van der Waals surface area contributed by atoms with Gasteiger partial charge in [0.05, 0.1) is 7.11 Å². The number of nitrogens with zero attached hydrogens (tertiary/aromatic N) is 2. The summed E-state index contributed by atoms with van der Waals surface area (Å²) in [4.78, 5) is 18.6.